The Kier molecular flexibility index (Phi) is 4.08. The molecule has 0 saturated carbocycles. The number of nitrogen functional groups attached to an aromatic ring is 1. The van der Waals surface area contributed by atoms with E-state index in [9.17, 15) is 0 Å². The van der Waals surface area contributed by atoms with Crippen LogP contribution in [0.25, 0.3) is 0 Å². The summed E-state index contributed by atoms with van der Waals surface area (Å²) in [5.74, 6) is 0. The van der Waals surface area contributed by atoms with E-state index in [1.807, 2.05) is 46.4 Å². The molecule has 1 aliphatic heterocycles. The minimum atomic E-state index is 0.667. The topological polar surface area (TPSA) is 56.9 Å². The smallest absolute Gasteiger partial charge is 0.130 e. The molecule has 0 aromatic heterocycles. The van der Waals surface area contributed by atoms with Crippen molar-refractivity contribution in [3.05, 3.63) is 58.6 Å². The van der Waals surface area contributed by atoms with E-state index in [1.165, 1.54) is 5.56 Å². The number of nitrogens with zero attached hydrogens (tertiary/aromatic N) is 3. The molecule has 1 heterocycles. The molecule has 5 nitrogen and oxygen atoms in total. The van der Waals surface area contributed by atoms with E-state index in [2.05, 4.69) is 38.6 Å². The second-order valence-electron chi connectivity index (χ2n) is 4.79. The Balaban J connectivity index is 1.54. The first-order chi connectivity index (χ1) is 10.2. The molecule has 3 rings (SSSR count). The summed E-state index contributed by atoms with van der Waals surface area (Å²) in [6.45, 7) is 1.40. The zero-order valence-electron chi connectivity index (χ0n) is 11.4. The summed E-state index contributed by atoms with van der Waals surface area (Å²) in [7, 11) is 0. The molecule has 0 amide bonds. The molecule has 2 aromatic rings. The molecule has 0 atom stereocenters. The molecule has 0 bridgehead atoms. The van der Waals surface area contributed by atoms with Crippen molar-refractivity contribution in [2.24, 2.45) is 5.10 Å². The zero-order valence-corrected chi connectivity index (χ0v) is 13.0. The number of nitrogens with one attached hydrogen (secondary N) is 1. The van der Waals surface area contributed by atoms with Crippen LogP contribution in [0.5, 0.6) is 0 Å². The minimum absolute atomic E-state index is 0.667. The maximum atomic E-state index is 5.70. The number of halogens is 1. The van der Waals surface area contributed by atoms with Crippen LogP contribution >= 0.6 is 15.9 Å². The largest absolute Gasteiger partial charge is 0.399 e. The molecule has 0 aliphatic carbocycles. The Labute approximate surface area is 132 Å². The third-order valence-electron chi connectivity index (χ3n) is 3.22. The predicted molar refractivity (Wildman–Crippen MR) is 89.5 cm³/mol. The zero-order chi connectivity index (χ0) is 14.7. The summed E-state index contributed by atoms with van der Waals surface area (Å²) in [4.78, 5) is 2.05. The van der Waals surface area contributed by atoms with E-state index in [4.69, 9.17) is 5.73 Å². The fourth-order valence-electron chi connectivity index (χ4n) is 2.03. The Bertz CT molecular complexity index is 624. The third kappa shape index (κ3) is 3.53. The van der Waals surface area contributed by atoms with E-state index in [-0.39, 0.29) is 0 Å². The van der Waals surface area contributed by atoms with Crippen molar-refractivity contribution in [1.82, 2.24) is 10.5 Å². The van der Waals surface area contributed by atoms with Crippen LogP contribution in [0.1, 0.15) is 5.56 Å². The van der Waals surface area contributed by atoms with Gasteiger partial charge in [0, 0.05) is 22.4 Å². The van der Waals surface area contributed by atoms with Gasteiger partial charge in [0.15, 0.2) is 0 Å². The van der Waals surface area contributed by atoms with E-state index < -0.39 is 0 Å². The highest BCUT2D eigenvalue weighted by Gasteiger charge is 2.14. The van der Waals surface area contributed by atoms with Crippen LogP contribution in [0.2, 0.25) is 0 Å². The predicted octanol–water partition coefficient (Wildman–Crippen LogP) is 2.76. The molecule has 108 valence electrons. The average molecular weight is 346 g/mol. The minimum Gasteiger partial charge on any atom is -0.399 e. The molecule has 0 unspecified atom stereocenters. The van der Waals surface area contributed by atoms with Crippen molar-refractivity contribution in [3.63, 3.8) is 0 Å². The van der Waals surface area contributed by atoms with Crippen molar-refractivity contribution < 1.29 is 0 Å². The van der Waals surface area contributed by atoms with Crippen LogP contribution in [0, 0.1) is 0 Å². The van der Waals surface area contributed by atoms with Crippen LogP contribution in [-0.2, 0) is 6.54 Å². The number of anilines is 2. The first-order valence-electron chi connectivity index (χ1n) is 6.62. The number of hydrogen-bond acceptors (Lipinski definition) is 5. The monoisotopic (exact) mass is 345 g/mol. The normalized spacial score (nSPS) is 14.0. The highest BCUT2D eigenvalue weighted by atomic mass is 79.9. The lowest BCUT2D eigenvalue weighted by Gasteiger charge is -2.19. The number of nitrogens with two attached hydrogens (primary N) is 1. The third-order valence-corrected chi connectivity index (χ3v) is 3.75. The lowest BCUT2D eigenvalue weighted by molar-refractivity contribution is 0.215. The molecular formula is C15H16BrN5. The van der Waals surface area contributed by atoms with Gasteiger partial charge in [-0.1, -0.05) is 28.1 Å². The van der Waals surface area contributed by atoms with Gasteiger partial charge in [-0.25, -0.2) is 10.5 Å². The number of benzene rings is 2. The Morgan fingerprint density at radius 2 is 1.81 bits per heavy atom. The SMILES string of the molecule is Nc1ccc(N2C=NN(NCc3ccc(Br)cc3)C2)cc1. The number of hydrazine groups is 1. The van der Waals surface area contributed by atoms with Gasteiger partial charge in [0.2, 0.25) is 0 Å². The Morgan fingerprint density at radius 3 is 2.52 bits per heavy atom. The van der Waals surface area contributed by atoms with Gasteiger partial charge < -0.3 is 10.6 Å². The average Bonchev–Trinajstić information content (AvgIpc) is 2.96. The summed E-state index contributed by atoms with van der Waals surface area (Å²) in [5.41, 5.74) is 12.0. The first-order valence-corrected chi connectivity index (χ1v) is 7.42. The van der Waals surface area contributed by atoms with Gasteiger partial charge >= 0.3 is 0 Å². The molecular weight excluding hydrogens is 330 g/mol. The molecule has 0 fully saturated rings. The van der Waals surface area contributed by atoms with Crippen LogP contribution in [0.3, 0.4) is 0 Å². The van der Waals surface area contributed by atoms with Gasteiger partial charge in [0.1, 0.15) is 13.0 Å². The van der Waals surface area contributed by atoms with E-state index in [0.29, 0.717) is 6.67 Å². The van der Waals surface area contributed by atoms with Gasteiger partial charge in [0.25, 0.3) is 0 Å². The van der Waals surface area contributed by atoms with E-state index in [0.717, 1.165) is 22.4 Å². The maximum Gasteiger partial charge on any atom is 0.130 e. The number of hydrogen-bond donors (Lipinski definition) is 2. The van der Waals surface area contributed by atoms with Crippen LogP contribution in [0.4, 0.5) is 11.4 Å². The van der Waals surface area contributed by atoms with Crippen molar-refractivity contribution in [3.8, 4) is 0 Å². The summed E-state index contributed by atoms with van der Waals surface area (Å²) in [5, 5.41) is 6.15. The molecule has 6 heteroatoms. The Morgan fingerprint density at radius 1 is 1.10 bits per heavy atom. The molecule has 3 N–H and O–H groups in total. The fraction of sp³-hybridized carbons (Fsp3) is 0.133. The van der Waals surface area contributed by atoms with Gasteiger partial charge in [-0.2, -0.15) is 5.10 Å². The highest BCUT2D eigenvalue weighted by molar-refractivity contribution is 9.10. The van der Waals surface area contributed by atoms with E-state index >= 15 is 0 Å². The number of hydrazone groups is 1. The second-order valence-corrected chi connectivity index (χ2v) is 5.71. The molecule has 0 spiro atoms. The van der Waals surface area contributed by atoms with E-state index in [1.54, 1.807) is 6.34 Å². The second kappa shape index (κ2) is 6.15. The van der Waals surface area contributed by atoms with Crippen molar-refractivity contribution >= 4 is 33.6 Å². The van der Waals surface area contributed by atoms with Crippen molar-refractivity contribution in [1.29, 1.82) is 0 Å². The Hall–Kier alpha value is -2.05. The van der Waals surface area contributed by atoms with Gasteiger partial charge in [-0.15, -0.1) is 0 Å². The maximum absolute atomic E-state index is 5.70. The molecule has 0 radical (unpaired) electrons. The summed E-state index contributed by atoms with van der Waals surface area (Å²) < 4.78 is 1.08. The molecule has 21 heavy (non-hydrogen) atoms. The van der Waals surface area contributed by atoms with Gasteiger partial charge in [0.05, 0.1) is 0 Å². The lowest BCUT2D eigenvalue weighted by atomic mass is 10.2. The number of rotatable bonds is 4. The summed E-state index contributed by atoms with van der Waals surface area (Å²) in [6.07, 6.45) is 1.81. The van der Waals surface area contributed by atoms with Crippen molar-refractivity contribution in [2.75, 3.05) is 17.3 Å². The van der Waals surface area contributed by atoms with Gasteiger partial charge in [-0.3, -0.25) is 0 Å². The van der Waals surface area contributed by atoms with Crippen LogP contribution in [-0.4, -0.2) is 18.1 Å². The standard InChI is InChI=1S/C15H16BrN5/c16-13-3-1-12(2-4-13)9-18-21-11-20(10-19-21)15-7-5-14(17)6-8-15/h1-8,10,18H,9,11,17H2. The molecule has 2 aromatic carbocycles. The highest BCUT2D eigenvalue weighted by Crippen LogP contribution is 2.17. The fourth-order valence-corrected chi connectivity index (χ4v) is 2.30. The lowest BCUT2D eigenvalue weighted by Crippen LogP contribution is -2.36. The molecule has 1 aliphatic rings. The quantitative estimate of drug-likeness (QED) is 0.836. The molecule has 0 saturated heterocycles. The van der Waals surface area contributed by atoms with Crippen LogP contribution in [0.15, 0.2) is 58.1 Å². The van der Waals surface area contributed by atoms with Crippen molar-refractivity contribution in [2.45, 2.75) is 6.54 Å². The van der Waals surface area contributed by atoms with Gasteiger partial charge in [-0.05, 0) is 42.0 Å². The van der Waals surface area contributed by atoms with Crippen LogP contribution < -0.4 is 16.1 Å². The summed E-state index contributed by atoms with van der Waals surface area (Å²) in [6, 6.07) is 16.0. The first kappa shape index (κ1) is 13.9. The summed E-state index contributed by atoms with van der Waals surface area (Å²) >= 11 is 3.43.